The molecule has 7 heteroatoms. The van der Waals surface area contributed by atoms with Gasteiger partial charge in [0.05, 0.1) is 4.90 Å². The maximum absolute atomic E-state index is 11.2. The van der Waals surface area contributed by atoms with Gasteiger partial charge < -0.3 is 10.6 Å². The molecule has 0 radical (unpaired) electrons. The number of rotatable bonds is 4. The maximum atomic E-state index is 11.2. The van der Waals surface area contributed by atoms with E-state index >= 15 is 0 Å². The van der Waals surface area contributed by atoms with Crippen LogP contribution in [0.25, 0.3) is 0 Å². The Morgan fingerprint density at radius 1 is 1.13 bits per heavy atom. The monoisotopic (exact) mass is 349 g/mol. The number of aryl methyl sites for hydroxylation is 2. The Bertz CT molecular complexity index is 816. The van der Waals surface area contributed by atoms with Gasteiger partial charge >= 0.3 is 0 Å². The highest BCUT2D eigenvalue weighted by molar-refractivity contribution is 7.89. The molecule has 0 saturated heterocycles. The van der Waals surface area contributed by atoms with E-state index in [0.29, 0.717) is 11.7 Å². The van der Waals surface area contributed by atoms with Crippen molar-refractivity contribution in [1.29, 1.82) is 0 Å². The largest absolute Gasteiger partial charge is 0.358 e. The summed E-state index contributed by atoms with van der Waals surface area (Å²) in [5, 5.41) is 11.8. The van der Waals surface area contributed by atoms with Crippen LogP contribution in [0.1, 0.15) is 16.7 Å². The molecule has 0 aliphatic heterocycles. The van der Waals surface area contributed by atoms with E-state index < -0.39 is 10.0 Å². The zero-order valence-electron chi connectivity index (χ0n) is 13.0. The van der Waals surface area contributed by atoms with E-state index in [2.05, 4.69) is 10.6 Å². The molecule has 0 aromatic heterocycles. The van der Waals surface area contributed by atoms with Gasteiger partial charge in [-0.3, -0.25) is 0 Å². The third-order valence-electron chi connectivity index (χ3n) is 3.35. The van der Waals surface area contributed by atoms with Crippen LogP contribution in [0.2, 0.25) is 0 Å². The second kappa shape index (κ2) is 7.08. The summed E-state index contributed by atoms with van der Waals surface area (Å²) in [5.74, 6) is 0. The Hall–Kier alpha value is -1.96. The fourth-order valence-corrected chi connectivity index (χ4v) is 2.71. The molecule has 2 rings (SSSR count). The lowest BCUT2D eigenvalue weighted by Gasteiger charge is -2.13. The van der Waals surface area contributed by atoms with Crippen LogP contribution in [0.5, 0.6) is 0 Å². The highest BCUT2D eigenvalue weighted by Crippen LogP contribution is 2.16. The molecular weight excluding hydrogens is 330 g/mol. The van der Waals surface area contributed by atoms with Crippen LogP contribution in [-0.2, 0) is 16.6 Å². The van der Waals surface area contributed by atoms with Crippen molar-refractivity contribution in [2.45, 2.75) is 25.3 Å². The molecule has 0 fully saturated rings. The summed E-state index contributed by atoms with van der Waals surface area (Å²) in [6.07, 6.45) is 0. The Morgan fingerprint density at radius 3 is 2.39 bits per heavy atom. The Balaban J connectivity index is 1.95. The van der Waals surface area contributed by atoms with E-state index in [1.807, 2.05) is 32.0 Å². The molecule has 0 amide bonds. The van der Waals surface area contributed by atoms with Crippen molar-refractivity contribution in [2.24, 2.45) is 5.14 Å². The molecule has 0 saturated carbocycles. The minimum atomic E-state index is -3.66. The fourth-order valence-electron chi connectivity index (χ4n) is 2.02. The van der Waals surface area contributed by atoms with Crippen molar-refractivity contribution in [3.63, 3.8) is 0 Å². The number of hydrogen-bond donors (Lipinski definition) is 3. The van der Waals surface area contributed by atoms with E-state index in [1.165, 1.54) is 12.1 Å². The molecule has 0 aliphatic rings. The van der Waals surface area contributed by atoms with E-state index in [4.69, 9.17) is 17.4 Å². The Kier molecular flexibility index (Phi) is 5.35. The summed E-state index contributed by atoms with van der Waals surface area (Å²) < 4.78 is 22.4. The number of anilines is 1. The summed E-state index contributed by atoms with van der Waals surface area (Å²) in [4.78, 5) is 0.0948. The molecule has 23 heavy (non-hydrogen) atoms. The van der Waals surface area contributed by atoms with E-state index in [0.717, 1.165) is 22.4 Å². The third-order valence-corrected chi connectivity index (χ3v) is 4.52. The van der Waals surface area contributed by atoms with Crippen molar-refractivity contribution in [3.8, 4) is 0 Å². The smallest absolute Gasteiger partial charge is 0.238 e. The number of thiocarbonyl (C=S) groups is 1. The third kappa shape index (κ3) is 5.02. The van der Waals surface area contributed by atoms with Crippen LogP contribution in [0.4, 0.5) is 5.69 Å². The Morgan fingerprint density at radius 2 is 1.78 bits per heavy atom. The molecule has 0 atom stereocenters. The van der Waals surface area contributed by atoms with E-state index in [1.54, 1.807) is 12.1 Å². The number of nitrogens with two attached hydrogens (primary N) is 1. The van der Waals surface area contributed by atoms with Gasteiger partial charge in [0.2, 0.25) is 10.0 Å². The topological polar surface area (TPSA) is 84.2 Å². The van der Waals surface area contributed by atoms with Gasteiger partial charge in [0.15, 0.2) is 5.11 Å². The van der Waals surface area contributed by atoms with Crippen molar-refractivity contribution in [3.05, 3.63) is 59.2 Å². The van der Waals surface area contributed by atoms with E-state index in [9.17, 15) is 8.42 Å². The fraction of sp³-hybridized carbons (Fsp3) is 0.188. The summed E-state index contributed by atoms with van der Waals surface area (Å²) in [7, 11) is -3.66. The average molecular weight is 349 g/mol. The summed E-state index contributed by atoms with van der Waals surface area (Å²) >= 11 is 5.29. The number of primary sulfonamides is 1. The first-order chi connectivity index (χ1) is 10.8. The molecule has 2 aromatic rings. The molecule has 0 heterocycles. The lowest BCUT2D eigenvalue weighted by molar-refractivity contribution is 0.597. The zero-order chi connectivity index (χ0) is 17.0. The highest BCUT2D eigenvalue weighted by atomic mass is 32.2. The van der Waals surface area contributed by atoms with Gasteiger partial charge in [0.25, 0.3) is 0 Å². The van der Waals surface area contributed by atoms with Gasteiger partial charge in [-0.05, 0) is 61.0 Å². The minimum Gasteiger partial charge on any atom is -0.358 e. The SMILES string of the molecule is Cc1ccc(C)c(NC(=S)NCc2ccc(S(N)(=O)=O)cc2)c1. The first-order valence-electron chi connectivity index (χ1n) is 6.99. The molecule has 0 spiro atoms. The minimum absolute atomic E-state index is 0.0948. The number of nitrogens with one attached hydrogen (secondary N) is 2. The second-order valence-corrected chi connectivity index (χ2v) is 7.28. The molecular formula is C16H19N3O2S2. The molecule has 0 bridgehead atoms. The molecule has 122 valence electrons. The van der Waals surface area contributed by atoms with Gasteiger partial charge in [0, 0.05) is 12.2 Å². The van der Waals surface area contributed by atoms with E-state index in [-0.39, 0.29) is 4.90 Å². The molecule has 5 nitrogen and oxygen atoms in total. The van der Waals surface area contributed by atoms with Crippen LogP contribution >= 0.6 is 12.2 Å². The number of sulfonamides is 1. The quantitative estimate of drug-likeness (QED) is 0.738. The van der Waals surface area contributed by atoms with Crippen molar-refractivity contribution in [2.75, 3.05) is 5.32 Å². The Labute approximate surface area is 142 Å². The standard InChI is InChI=1S/C16H19N3O2S2/c1-11-3-4-12(2)15(9-11)19-16(22)18-10-13-5-7-14(8-6-13)23(17,20)21/h3-9H,10H2,1-2H3,(H2,17,20,21)(H2,18,19,22). The van der Waals surface area contributed by atoms with Crippen molar-refractivity contribution >= 4 is 33.0 Å². The summed E-state index contributed by atoms with van der Waals surface area (Å²) in [6, 6.07) is 12.5. The molecule has 4 N–H and O–H groups in total. The van der Waals surface area contributed by atoms with Gasteiger partial charge in [-0.15, -0.1) is 0 Å². The van der Waals surface area contributed by atoms with Crippen LogP contribution in [0, 0.1) is 13.8 Å². The lowest BCUT2D eigenvalue weighted by atomic mass is 10.1. The first-order valence-corrected chi connectivity index (χ1v) is 8.95. The zero-order valence-corrected chi connectivity index (χ0v) is 14.6. The van der Waals surface area contributed by atoms with Crippen molar-refractivity contribution in [1.82, 2.24) is 5.32 Å². The summed E-state index contributed by atoms with van der Waals surface area (Å²) in [6.45, 7) is 4.52. The van der Waals surface area contributed by atoms with Gasteiger partial charge in [-0.2, -0.15) is 0 Å². The normalized spacial score (nSPS) is 11.1. The number of benzene rings is 2. The van der Waals surface area contributed by atoms with Crippen LogP contribution in [-0.4, -0.2) is 13.5 Å². The van der Waals surface area contributed by atoms with Crippen LogP contribution in [0.3, 0.4) is 0 Å². The summed E-state index contributed by atoms with van der Waals surface area (Å²) in [5.41, 5.74) is 4.13. The lowest BCUT2D eigenvalue weighted by Crippen LogP contribution is -2.28. The predicted molar refractivity (Wildman–Crippen MR) is 96.8 cm³/mol. The van der Waals surface area contributed by atoms with Crippen molar-refractivity contribution < 1.29 is 8.42 Å². The van der Waals surface area contributed by atoms with Crippen LogP contribution in [0.15, 0.2) is 47.4 Å². The van der Waals surface area contributed by atoms with Gasteiger partial charge in [-0.25, -0.2) is 13.6 Å². The molecule has 0 aliphatic carbocycles. The maximum Gasteiger partial charge on any atom is 0.238 e. The highest BCUT2D eigenvalue weighted by Gasteiger charge is 2.07. The van der Waals surface area contributed by atoms with Crippen LogP contribution < -0.4 is 15.8 Å². The van der Waals surface area contributed by atoms with Gasteiger partial charge in [-0.1, -0.05) is 24.3 Å². The molecule has 2 aromatic carbocycles. The first kappa shape index (κ1) is 17.4. The second-order valence-electron chi connectivity index (χ2n) is 5.32. The predicted octanol–water partition coefficient (Wildman–Crippen LogP) is 2.44. The van der Waals surface area contributed by atoms with Gasteiger partial charge in [0.1, 0.15) is 0 Å². The molecule has 0 unspecified atom stereocenters. The average Bonchev–Trinajstić information content (AvgIpc) is 2.48. The number of hydrogen-bond acceptors (Lipinski definition) is 3.